The summed E-state index contributed by atoms with van der Waals surface area (Å²) in [5.41, 5.74) is 1.15. The van der Waals surface area contributed by atoms with Crippen molar-refractivity contribution in [2.75, 3.05) is 7.11 Å². The molecule has 2 rings (SSSR count). The van der Waals surface area contributed by atoms with Gasteiger partial charge in [0.15, 0.2) is 0 Å². The molecule has 0 radical (unpaired) electrons. The molecule has 0 aromatic heterocycles. The highest BCUT2D eigenvalue weighted by Crippen LogP contribution is 2.18. The molecule has 0 spiro atoms. The molecular formula is C14H18O3. The fraction of sp³-hybridized carbons (Fsp3) is 0.429. The predicted octanol–water partition coefficient (Wildman–Crippen LogP) is 2.90. The third-order valence-electron chi connectivity index (χ3n) is 2.90. The van der Waals surface area contributed by atoms with Gasteiger partial charge >= 0.3 is 0 Å². The van der Waals surface area contributed by atoms with Crippen LogP contribution in [0.4, 0.5) is 0 Å². The van der Waals surface area contributed by atoms with Crippen molar-refractivity contribution in [2.24, 2.45) is 0 Å². The fourth-order valence-corrected chi connectivity index (χ4v) is 1.78. The van der Waals surface area contributed by atoms with Gasteiger partial charge in [-0.05, 0) is 37.1 Å². The van der Waals surface area contributed by atoms with E-state index in [4.69, 9.17) is 14.2 Å². The summed E-state index contributed by atoms with van der Waals surface area (Å²) in [5, 5.41) is 0. The molecule has 0 amide bonds. The maximum absolute atomic E-state index is 5.84. The quantitative estimate of drug-likeness (QED) is 0.801. The lowest BCUT2D eigenvalue weighted by Gasteiger charge is -2.26. The first-order valence-corrected chi connectivity index (χ1v) is 5.84. The Balaban J connectivity index is 1.86. The Hall–Kier alpha value is -1.48. The van der Waals surface area contributed by atoms with Crippen molar-refractivity contribution in [3.8, 4) is 5.75 Å². The van der Waals surface area contributed by atoms with Crippen LogP contribution in [0.3, 0.4) is 0 Å². The molecule has 0 aliphatic carbocycles. The summed E-state index contributed by atoms with van der Waals surface area (Å²) in [5.74, 6) is 0.867. The van der Waals surface area contributed by atoms with E-state index in [1.807, 2.05) is 37.3 Å². The molecule has 0 saturated heterocycles. The van der Waals surface area contributed by atoms with Gasteiger partial charge in [0.2, 0.25) is 0 Å². The van der Waals surface area contributed by atoms with Gasteiger partial charge in [-0.15, -0.1) is 0 Å². The average molecular weight is 234 g/mol. The van der Waals surface area contributed by atoms with Crippen molar-refractivity contribution in [1.82, 2.24) is 0 Å². The zero-order chi connectivity index (χ0) is 12.1. The lowest BCUT2D eigenvalue weighted by Crippen LogP contribution is -2.29. The number of hydrogen-bond acceptors (Lipinski definition) is 3. The second-order valence-corrected chi connectivity index (χ2v) is 4.15. The largest absolute Gasteiger partial charge is 0.497 e. The molecule has 0 unspecified atom stereocenters. The fourth-order valence-electron chi connectivity index (χ4n) is 1.78. The van der Waals surface area contributed by atoms with Crippen LogP contribution >= 0.6 is 0 Å². The van der Waals surface area contributed by atoms with E-state index in [0.717, 1.165) is 17.7 Å². The van der Waals surface area contributed by atoms with Crippen molar-refractivity contribution in [3.63, 3.8) is 0 Å². The highest BCUT2D eigenvalue weighted by Gasteiger charge is 2.19. The summed E-state index contributed by atoms with van der Waals surface area (Å²) in [7, 11) is 1.67. The number of benzene rings is 1. The molecule has 1 aromatic rings. The van der Waals surface area contributed by atoms with Crippen LogP contribution in [0.25, 0.3) is 0 Å². The van der Waals surface area contributed by atoms with Crippen LogP contribution in [0.1, 0.15) is 18.9 Å². The van der Waals surface area contributed by atoms with Crippen molar-refractivity contribution < 1.29 is 14.2 Å². The van der Waals surface area contributed by atoms with E-state index in [9.17, 15) is 0 Å². The summed E-state index contributed by atoms with van der Waals surface area (Å²) < 4.78 is 16.3. The van der Waals surface area contributed by atoms with Gasteiger partial charge in [-0.1, -0.05) is 12.1 Å². The van der Waals surface area contributed by atoms with Crippen LogP contribution in [-0.2, 0) is 16.1 Å². The molecule has 1 aromatic carbocycles. The molecule has 3 nitrogen and oxygen atoms in total. The van der Waals surface area contributed by atoms with Crippen LogP contribution in [0.5, 0.6) is 5.75 Å². The summed E-state index contributed by atoms with van der Waals surface area (Å²) in [4.78, 5) is 0. The van der Waals surface area contributed by atoms with E-state index in [0.29, 0.717) is 6.61 Å². The Morgan fingerprint density at radius 2 is 2.06 bits per heavy atom. The first kappa shape index (κ1) is 12.0. The minimum absolute atomic E-state index is 0.123. The summed E-state index contributed by atoms with van der Waals surface area (Å²) in [6.07, 6.45) is 4.92. The second-order valence-electron chi connectivity index (χ2n) is 4.15. The summed E-state index contributed by atoms with van der Waals surface area (Å²) in [6.45, 7) is 2.64. The second kappa shape index (κ2) is 5.73. The molecule has 0 N–H and O–H groups in total. The Morgan fingerprint density at radius 3 is 2.71 bits per heavy atom. The average Bonchev–Trinajstić information content (AvgIpc) is 2.38. The molecule has 3 heteroatoms. The Labute approximate surface area is 102 Å². The molecule has 0 saturated carbocycles. The zero-order valence-electron chi connectivity index (χ0n) is 10.3. The van der Waals surface area contributed by atoms with E-state index >= 15 is 0 Å². The van der Waals surface area contributed by atoms with Gasteiger partial charge in [-0.2, -0.15) is 0 Å². The smallest absolute Gasteiger partial charge is 0.121 e. The van der Waals surface area contributed by atoms with Crippen LogP contribution in [0.15, 0.2) is 36.6 Å². The molecule has 1 heterocycles. The van der Waals surface area contributed by atoms with E-state index in [-0.39, 0.29) is 12.2 Å². The van der Waals surface area contributed by atoms with Crippen molar-refractivity contribution in [2.45, 2.75) is 32.2 Å². The van der Waals surface area contributed by atoms with E-state index in [1.54, 1.807) is 13.4 Å². The molecule has 0 fully saturated rings. The number of ether oxygens (including phenoxy) is 3. The standard InChI is InChI=1S/C14H18O3/c1-11-14(4-3-9-16-11)17-10-12-5-7-13(15-2)8-6-12/h3,5-9,11,14H,4,10H2,1-2H3/t11-,14+/m0/s1. The van der Waals surface area contributed by atoms with Gasteiger partial charge in [0.25, 0.3) is 0 Å². The highest BCUT2D eigenvalue weighted by atomic mass is 16.5. The molecule has 17 heavy (non-hydrogen) atoms. The molecule has 92 valence electrons. The Bertz CT molecular complexity index is 370. The normalized spacial score (nSPS) is 23.2. The molecular weight excluding hydrogens is 216 g/mol. The van der Waals surface area contributed by atoms with Gasteiger partial charge in [0.1, 0.15) is 11.9 Å². The first-order chi connectivity index (χ1) is 8.29. The van der Waals surface area contributed by atoms with Crippen LogP contribution in [0.2, 0.25) is 0 Å². The minimum atomic E-state index is 0.123. The monoisotopic (exact) mass is 234 g/mol. The topological polar surface area (TPSA) is 27.7 Å². The van der Waals surface area contributed by atoms with Crippen LogP contribution < -0.4 is 4.74 Å². The SMILES string of the molecule is COc1ccc(CO[C@@H]2CC=CO[C@H]2C)cc1. The van der Waals surface area contributed by atoms with Gasteiger partial charge in [0, 0.05) is 0 Å². The van der Waals surface area contributed by atoms with Crippen molar-refractivity contribution >= 4 is 0 Å². The van der Waals surface area contributed by atoms with Crippen molar-refractivity contribution in [1.29, 1.82) is 0 Å². The summed E-state index contributed by atoms with van der Waals surface area (Å²) in [6, 6.07) is 7.92. The maximum atomic E-state index is 5.84. The summed E-state index contributed by atoms with van der Waals surface area (Å²) >= 11 is 0. The van der Waals surface area contributed by atoms with Crippen LogP contribution in [0, 0.1) is 0 Å². The van der Waals surface area contributed by atoms with E-state index in [1.165, 1.54) is 0 Å². The maximum Gasteiger partial charge on any atom is 0.121 e. The van der Waals surface area contributed by atoms with E-state index < -0.39 is 0 Å². The molecule has 1 aliphatic heterocycles. The third kappa shape index (κ3) is 3.24. The number of hydrogen-bond donors (Lipinski definition) is 0. The zero-order valence-corrected chi connectivity index (χ0v) is 10.3. The minimum Gasteiger partial charge on any atom is -0.497 e. The van der Waals surface area contributed by atoms with Crippen molar-refractivity contribution in [3.05, 3.63) is 42.2 Å². The van der Waals surface area contributed by atoms with Gasteiger partial charge in [-0.25, -0.2) is 0 Å². The highest BCUT2D eigenvalue weighted by molar-refractivity contribution is 5.26. The van der Waals surface area contributed by atoms with Gasteiger partial charge < -0.3 is 14.2 Å². The molecule has 1 aliphatic rings. The van der Waals surface area contributed by atoms with Crippen LogP contribution in [-0.4, -0.2) is 19.3 Å². The number of methoxy groups -OCH3 is 1. The predicted molar refractivity (Wildman–Crippen MR) is 65.9 cm³/mol. The Kier molecular flexibility index (Phi) is 4.04. The first-order valence-electron chi connectivity index (χ1n) is 5.84. The van der Waals surface area contributed by atoms with Gasteiger partial charge in [-0.3, -0.25) is 0 Å². The molecule has 2 atom stereocenters. The Morgan fingerprint density at radius 1 is 1.29 bits per heavy atom. The molecule has 0 bridgehead atoms. The number of rotatable bonds is 4. The lowest BCUT2D eigenvalue weighted by molar-refractivity contribution is -0.0504. The lowest BCUT2D eigenvalue weighted by atomic mass is 10.1. The van der Waals surface area contributed by atoms with Gasteiger partial charge in [0.05, 0.1) is 26.1 Å². The van der Waals surface area contributed by atoms with E-state index in [2.05, 4.69) is 0 Å². The third-order valence-corrected chi connectivity index (χ3v) is 2.90.